The van der Waals surface area contributed by atoms with Gasteiger partial charge in [-0.2, -0.15) is 0 Å². The third kappa shape index (κ3) is 11.1. The van der Waals surface area contributed by atoms with Crippen molar-refractivity contribution in [3.05, 3.63) is 29.8 Å². The van der Waals surface area contributed by atoms with Crippen LogP contribution >= 0.6 is 0 Å². The average Bonchev–Trinajstić information content (AvgIpc) is 2.81. The Hall–Kier alpha value is -3.71. The van der Waals surface area contributed by atoms with Crippen molar-refractivity contribution in [1.29, 1.82) is 0 Å². The molecule has 1 aromatic carbocycles. The molecule has 13 nitrogen and oxygen atoms in total. The Balaban J connectivity index is 3.07. The van der Waals surface area contributed by atoms with Crippen molar-refractivity contribution < 1.29 is 39.3 Å². The Labute approximate surface area is 208 Å². The second-order valence-electron chi connectivity index (χ2n) is 8.40. The van der Waals surface area contributed by atoms with Crippen LogP contribution < -0.4 is 27.4 Å². The van der Waals surface area contributed by atoms with Gasteiger partial charge in [0, 0.05) is 12.8 Å². The van der Waals surface area contributed by atoms with Crippen LogP contribution in [0.3, 0.4) is 0 Å². The van der Waals surface area contributed by atoms with E-state index in [-0.39, 0.29) is 25.0 Å². The van der Waals surface area contributed by atoms with Crippen molar-refractivity contribution in [3.8, 4) is 5.75 Å². The molecular formula is C23H35N5O8. The Morgan fingerprint density at radius 3 is 1.92 bits per heavy atom. The van der Waals surface area contributed by atoms with Gasteiger partial charge in [-0.3, -0.25) is 19.2 Å². The molecule has 0 saturated heterocycles. The van der Waals surface area contributed by atoms with Crippen molar-refractivity contribution in [2.75, 3.05) is 6.54 Å². The number of rotatable bonds is 16. The van der Waals surface area contributed by atoms with Crippen LogP contribution in [-0.4, -0.2) is 75.7 Å². The number of hydrogen-bond donors (Lipinski definition) is 8. The van der Waals surface area contributed by atoms with E-state index >= 15 is 0 Å². The molecule has 1 aromatic rings. The molecule has 0 fully saturated rings. The fourth-order valence-electron chi connectivity index (χ4n) is 3.21. The predicted molar refractivity (Wildman–Crippen MR) is 129 cm³/mol. The Morgan fingerprint density at radius 1 is 0.833 bits per heavy atom. The molecule has 13 heteroatoms. The van der Waals surface area contributed by atoms with Gasteiger partial charge in [-0.15, -0.1) is 0 Å². The van der Waals surface area contributed by atoms with Gasteiger partial charge in [0.25, 0.3) is 0 Å². The fraction of sp³-hybridized carbons (Fsp3) is 0.522. The molecule has 36 heavy (non-hydrogen) atoms. The first-order valence-electron chi connectivity index (χ1n) is 11.5. The quantitative estimate of drug-likeness (QED) is 0.124. The van der Waals surface area contributed by atoms with Gasteiger partial charge >= 0.3 is 11.9 Å². The summed E-state index contributed by atoms with van der Waals surface area (Å²) in [4.78, 5) is 60.8. The fourth-order valence-corrected chi connectivity index (χ4v) is 3.21. The van der Waals surface area contributed by atoms with Gasteiger partial charge in [0.05, 0.1) is 6.04 Å². The summed E-state index contributed by atoms with van der Waals surface area (Å²) < 4.78 is 0. The summed E-state index contributed by atoms with van der Waals surface area (Å²) in [7, 11) is 0. The van der Waals surface area contributed by atoms with Crippen LogP contribution in [0, 0.1) is 0 Å². The average molecular weight is 510 g/mol. The largest absolute Gasteiger partial charge is 0.508 e. The molecule has 0 aliphatic rings. The van der Waals surface area contributed by atoms with Crippen LogP contribution in [0.2, 0.25) is 0 Å². The lowest BCUT2D eigenvalue weighted by atomic mass is 10.0. The standard InChI is InChI=1S/C23H35N5O8/c1-13(25)20(32)28-18(12-14-5-7-15(29)8-6-14)22(34)26-16(9-10-19(30)31)21(33)27-17(23(35)36)4-2-3-11-24/h5-8,13,16-18,29H,2-4,9-12,24-25H2,1H3,(H,26,34)(H,27,33)(H,28,32)(H,30,31)(H,35,36). The van der Waals surface area contributed by atoms with E-state index < -0.39 is 60.2 Å². The molecule has 1 rings (SSSR count). The number of aliphatic carboxylic acids is 2. The van der Waals surface area contributed by atoms with Crippen LogP contribution in [0.1, 0.15) is 44.6 Å². The van der Waals surface area contributed by atoms with E-state index in [1.54, 1.807) is 12.1 Å². The molecule has 0 saturated carbocycles. The third-order valence-electron chi connectivity index (χ3n) is 5.26. The second-order valence-corrected chi connectivity index (χ2v) is 8.40. The first-order valence-corrected chi connectivity index (χ1v) is 11.5. The Kier molecular flexibility index (Phi) is 12.9. The summed E-state index contributed by atoms with van der Waals surface area (Å²) in [6, 6.07) is 1.14. The van der Waals surface area contributed by atoms with E-state index in [2.05, 4.69) is 16.0 Å². The number of phenolic OH excluding ortho intramolecular Hbond substituents is 1. The molecule has 3 amide bonds. The number of nitrogens with two attached hydrogens (primary N) is 2. The molecule has 4 unspecified atom stereocenters. The minimum Gasteiger partial charge on any atom is -0.508 e. The van der Waals surface area contributed by atoms with Crippen LogP contribution in [0.15, 0.2) is 24.3 Å². The molecule has 0 aliphatic heterocycles. The third-order valence-corrected chi connectivity index (χ3v) is 5.26. The monoisotopic (exact) mass is 509 g/mol. The summed E-state index contributed by atoms with van der Waals surface area (Å²) in [5, 5.41) is 35.2. The summed E-state index contributed by atoms with van der Waals surface area (Å²) in [6.45, 7) is 1.78. The summed E-state index contributed by atoms with van der Waals surface area (Å²) in [5.74, 6) is -4.79. The molecule has 0 bridgehead atoms. The molecule has 0 spiro atoms. The zero-order chi connectivity index (χ0) is 27.3. The maximum atomic E-state index is 13.1. The number of aromatic hydroxyl groups is 1. The van der Waals surface area contributed by atoms with E-state index in [9.17, 15) is 34.2 Å². The van der Waals surface area contributed by atoms with Crippen molar-refractivity contribution >= 4 is 29.7 Å². The van der Waals surface area contributed by atoms with E-state index in [0.29, 0.717) is 24.9 Å². The first kappa shape index (κ1) is 30.3. The van der Waals surface area contributed by atoms with Crippen LogP contribution in [0.25, 0.3) is 0 Å². The number of unbranched alkanes of at least 4 members (excludes halogenated alkanes) is 1. The van der Waals surface area contributed by atoms with Crippen molar-refractivity contribution in [2.24, 2.45) is 11.5 Å². The zero-order valence-corrected chi connectivity index (χ0v) is 20.1. The molecule has 0 aromatic heterocycles. The van der Waals surface area contributed by atoms with Crippen molar-refractivity contribution in [2.45, 2.75) is 69.6 Å². The van der Waals surface area contributed by atoms with Crippen molar-refractivity contribution in [3.63, 3.8) is 0 Å². The predicted octanol–water partition coefficient (Wildman–Crippen LogP) is -1.19. The number of amides is 3. The topological polar surface area (TPSA) is 234 Å². The number of carbonyl (C=O) groups is 5. The lowest BCUT2D eigenvalue weighted by Crippen LogP contribution is -2.57. The molecule has 10 N–H and O–H groups in total. The summed E-state index contributed by atoms with van der Waals surface area (Å²) >= 11 is 0. The van der Waals surface area contributed by atoms with E-state index in [1.807, 2.05) is 0 Å². The maximum Gasteiger partial charge on any atom is 0.326 e. The Bertz CT molecular complexity index is 906. The van der Waals surface area contributed by atoms with Gasteiger partial charge in [0.1, 0.15) is 23.9 Å². The molecular weight excluding hydrogens is 474 g/mol. The number of carbonyl (C=O) groups excluding carboxylic acids is 3. The zero-order valence-electron chi connectivity index (χ0n) is 20.1. The smallest absolute Gasteiger partial charge is 0.326 e. The highest BCUT2D eigenvalue weighted by atomic mass is 16.4. The number of nitrogens with one attached hydrogen (secondary N) is 3. The molecule has 0 heterocycles. The number of benzene rings is 1. The molecule has 4 atom stereocenters. The highest BCUT2D eigenvalue weighted by molar-refractivity contribution is 5.94. The number of carboxylic acid groups (broad SMARTS) is 2. The van der Waals surface area contributed by atoms with Gasteiger partial charge < -0.3 is 42.7 Å². The maximum absolute atomic E-state index is 13.1. The van der Waals surface area contributed by atoms with Gasteiger partial charge in [0.2, 0.25) is 17.7 Å². The van der Waals surface area contributed by atoms with Gasteiger partial charge in [-0.1, -0.05) is 12.1 Å². The van der Waals surface area contributed by atoms with Gasteiger partial charge in [-0.25, -0.2) is 4.79 Å². The van der Waals surface area contributed by atoms with E-state index in [4.69, 9.17) is 16.6 Å². The van der Waals surface area contributed by atoms with Crippen molar-refractivity contribution in [1.82, 2.24) is 16.0 Å². The van der Waals surface area contributed by atoms with Crippen LogP contribution in [0.4, 0.5) is 0 Å². The normalized spacial score (nSPS) is 14.1. The van der Waals surface area contributed by atoms with Gasteiger partial charge in [-0.05, 0) is 56.8 Å². The Morgan fingerprint density at radius 2 is 1.39 bits per heavy atom. The van der Waals surface area contributed by atoms with E-state index in [1.165, 1.54) is 19.1 Å². The van der Waals surface area contributed by atoms with Crippen LogP contribution in [0.5, 0.6) is 5.75 Å². The minimum absolute atomic E-state index is 0.00391. The highest BCUT2D eigenvalue weighted by Crippen LogP contribution is 2.12. The lowest BCUT2D eigenvalue weighted by Gasteiger charge is -2.25. The minimum atomic E-state index is -1.38. The first-order chi connectivity index (χ1) is 16.9. The van der Waals surface area contributed by atoms with Crippen LogP contribution in [-0.2, 0) is 30.4 Å². The SMILES string of the molecule is CC(N)C(=O)NC(Cc1ccc(O)cc1)C(=O)NC(CCC(=O)O)C(=O)NC(CCCCN)C(=O)O. The van der Waals surface area contributed by atoms with E-state index in [0.717, 1.165) is 0 Å². The number of carboxylic acids is 2. The summed E-state index contributed by atoms with van der Waals surface area (Å²) in [5.41, 5.74) is 11.6. The lowest BCUT2D eigenvalue weighted by molar-refractivity contribution is -0.143. The molecule has 0 aliphatic carbocycles. The van der Waals surface area contributed by atoms with Gasteiger partial charge in [0.15, 0.2) is 0 Å². The number of phenols is 1. The highest BCUT2D eigenvalue weighted by Gasteiger charge is 2.30. The molecule has 0 radical (unpaired) electrons. The summed E-state index contributed by atoms with van der Waals surface area (Å²) in [6.07, 6.45) is 0.294. The number of hydrogen-bond acceptors (Lipinski definition) is 8. The second kappa shape index (κ2) is 15.3. The molecule has 200 valence electrons.